The highest BCUT2D eigenvalue weighted by molar-refractivity contribution is 6.05. The number of carbonyl (C=O) groups excluding carboxylic acids is 2. The molecule has 0 spiro atoms. The fourth-order valence-corrected chi connectivity index (χ4v) is 3.20. The quantitative estimate of drug-likeness (QED) is 0.560. The smallest absolute Gasteiger partial charge is 0.247 e. The van der Waals surface area contributed by atoms with Gasteiger partial charge < -0.3 is 10.1 Å². The number of carbonyl (C=O) groups is 2. The Labute approximate surface area is 120 Å². The van der Waals surface area contributed by atoms with Gasteiger partial charge in [-0.3, -0.25) is 14.5 Å². The predicted octanol–water partition coefficient (Wildman–Crippen LogP) is 1.07. The van der Waals surface area contributed by atoms with Gasteiger partial charge in [0.25, 0.3) is 0 Å². The van der Waals surface area contributed by atoms with Crippen molar-refractivity contribution in [2.45, 2.75) is 57.0 Å². The van der Waals surface area contributed by atoms with Crippen LogP contribution < -0.4 is 5.32 Å². The van der Waals surface area contributed by atoms with E-state index in [4.69, 9.17) is 4.74 Å². The van der Waals surface area contributed by atoms with Crippen LogP contribution in [0.3, 0.4) is 0 Å². The van der Waals surface area contributed by atoms with Crippen molar-refractivity contribution in [3.05, 3.63) is 0 Å². The average Bonchev–Trinajstić information content (AvgIpc) is 3.01. The standard InChI is InChI=1S/C15H24N2O3/c18-14-9-13(16-7-8-20-10-11-5-6-11)15(19)17(14)12-3-1-2-4-12/h11-13,16H,1-10H2. The molecular formula is C15H24N2O3. The predicted molar refractivity (Wildman–Crippen MR) is 74.1 cm³/mol. The molecule has 1 atom stereocenters. The molecule has 0 aromatic heterocycles. The Kier molecular flexibility index (Phi) is 4.36. The molecule has 0 aromatic rings. The van der Waals surface area contributed by atoms with Gasteiger partial charge in [0.1, 0.15) is 0 Å². The second kappa shape index (κ2) is 6.22. The normalized spacial score (nSPS) is 27.8. The van der Waals surface area contributed by atoms with Gasteiger partial charge in [-0.05, 0) is 31.6 Å². The third-order valence-corrected chi connectivity index (χ3v) is 4.56. The maximum absolute atomic E-state index is 12.3. The SMILES string of the molecule is O=C1CC(NCCOCC2CC2)C(=O)N1C1CCCC1. The first kappa shape index (κ1) is 14.0. The number of rotatable bonds is 7. The number of hydrogen-bond acceptors (Lipinski definition) is 4. The molecule has 2 aliphatic carbocycles. The van der Waals surface area contributed by atoms with Gasteiger partial charge in [0, 0.05) is 19.2 Å². The van der Waals surface area contributed by atoms with E-state index in [9.17, 15) is 9.59 Å². The highest BCUT2D eigenvalue weighted by Gasteiger charge is 2.42. The lowest BCUT2D eigenvalue weighted by molar-refractivity contribution is -0.141. The van der Waals surface area contributed by atoms with Gasteiger partial charge in [-0.15, -0.1) is 0 Å². The van der Waals surface area contributed by atoms with E-state index in [1.165, 1.54) is 17.7 Å². The summed E-state index contributed by atoms with van der Waals surface area (Å²) in [6.07, 6.45) is 7.13. The third kappa shape index (κ3) is 3.20. The van der Waals surface area contributed by atoms with Crippen LogP contribution >= 0.6 is 0 Å². The monoisotopic (exact) mass is 280 g/mol. The zero-order chi connectivity index (χ0) is 13.9. The van der Waals surface area contributed by atoms with Crippen molar-refractivity contribution in [3.8, 4) is 0 Å². The lowest BCUT2D eigenvalue weighted by Crippen LogP contribution is -2.43. The summed E-state index contributed by atoms with van der Waals surface area (Å²) in [5, 5.41) is 3.17. The molecule has 1 unspecified atom stereocenters. The van der Waals surface area contributed by atoms with Crippen molar-refractivity contribution < 1.29 is 14.3 Å². The highest BCUT2D eigenvalue weighted by Crippen LogP contribution is 2.29. The van der Waals surface area contributed by atoms with Crippen LogP contribution in [0.2, 0.25) is 0 Å². The minimum absolute atomic E-state index is 0.00158. The van der Waals surface area contributed by atoms with Crippen LogP contribution in [0.25, 0.3) is 0 Å². The summed E-state index contributed by atoms with van der Waals surface area (Å²) in [5.41, 5.74) is 0. The number of imide groups is 1. The first-order valence-corrected chi connectivity index (χ1v) is 7.92. The summed E-state index contributed by atoms with van der Waals surface area (Å²) in [6, 6.07) is -0.166. The minimum Gasteiger partial charge on any atom is -0.380 e. The minimum atomic E-state index is -0.326. The maximum atomic E-state index is 12.3. The van der Waals surface area contributed by atoms with Crippen molar-refractivity contribution in [3.63, 3.8) is 0 Å². The van der Waals surface area contributed by atoms with Gasteiger partial charge in [0.2, 0.25) is 11.8 Å². The maximum Gasteiger partial charge on any atom is 0.247 e. The second-order valence-corrected chi connectivity index (χ2v) is 6.27. The van der Waals surface area contributed by atoms with Gasteiger partial charge in [-0.2, -0.15) is 0 Å². The zero-order valence-corrected chi connectivity index (χ0v) is 12.0. The van der Waals surface area contributed by atoms with Crippen LogP contribution in [0.4, 0.5) is 0 Å². The molecular weight excluding hydrogens is 256 g/mol. The molecule has 1 heterocycles. The molecule has 0 aromatic carbocycles. The van der Waals surface area contributed by atoms with Gasteiger partial charge in [-0.25, -0.2) is 0 Å². The number of likely N-dealkylation sites (tertiary alicyclic amines) is 1. The fourth-order valence-electron chi connectivity index (χ4n) is 3.20. The molecule has 1 aliphatic heterocycles. The van der Waals surface area contributed by atoms with Crippen LogP contribution in [-0.2, 0) is 14.3 Å². The van der Waals surface area contributed by atoms with Crippen molar-refractivity contribution in [1.29, 1.82) is 0 Å². The first-order valence-electron chi connectivity index (χ1n) is 7.92. The van der Waals surface area contributed by atoms with Gasteiger partial charge in [0.05, 0.1) is 19.1 Å². The third-order valence-electron chi connectivity index (χ3n) is 4.56. The van der Waals surface area contributed by atoms with Crippen molar-refractivity contribution in [1.82, 2.24) is 10.2 Å². The summed E-state index contributed by atoms with van der Waals surface area (Å²) < 4.78 is 5.53. The molecule has 2 saturated carbocycles. The summed E-state index contributed by atoms with van der Waals surface area (Å²) in [4.78, 5) is 25.8. The lowest BCUT2D eigenvalue weighted by Gasteiger charge is -2.22. The fraction of sp³-hybridized carbons (Fsp3) is 0.867. The summed E-state index contributed by atoms with van der Waals surface area (Å²) in [7, 11) is 0. The number of hydrogen-bond donors (Lipinski definition) is 1. The molecule has 5 heteroatoms. The van der Waals surface area contributed by atoms with Gasteiger partial charge >= 0.3 is 0 Å². The van der Waals surface area contributed by atoms with E-state index in [-0.39, 0.29) is 23.9 Å². The number of ether oxygens (including phenoxy) is 1. The molecule has 2 amide bonds. The highest BCUT2D eigenvalue weighted by atomic mass is 16.5. The Bertz CT molecular complexity index is 375. The van der Waals surface area contributed by atoms with Crippen LogP contribution in [0, 0.1) is 5.92 Å². The first-order chi connectivity index (χ1) is 9.75. The molecule has 5 nitrogen and oxygen atoms in total. The Morgan fingerprint density at radius 3 is 2.60 bits per heavy atom. The topological polar surface area (TPSA) is 58.6 Å². The van der Waals surface area contributed by atoms with Crippen LogP contribution in [0.15, 0.2) is 0 Å². The second-order valence-electron chi connectivity index (χ2n) is 6.27. The zero-order valence-electron chi connectivity index (χ0n) is 12.0. The largest absolute Gasteiger partial charge is 0.380 e. The molecule has 0 radical (unpaired) electrons. The van der Waals surface area contributed by atoms with Gasteiger partial charge in [0.15, 0.2) is 0 Å². The molecule has 1 N–H and O–H groups in total. The number of amides is 2. The van der Waals surface area contributed by atoms with E-state index >= 15 is 0 Å². The summed E-state index contributed by atoms with van der Waals surface area (Å²) in [6.45, 7) is 2.11. The van der Waals surface area contributed by atoms with Crippen molar-refractivity contribution in [2.24, 2.45) is 5.92 Å². The van der Waals surface area contributed by atoms with Crippen LogP contribution in [-0.4, -0.2) is 48.6 Å². The van der Waals surface area contributed by atoms with E-state index in [2.05, 4.69) is 5.32 Å². The Morgan fingerprint density at radius 2 is 1.90 bits per heavy atom. The van der Waals surface area contributed by atoms with Crippen molar-refractivity contribution in [2.75, 3.05) is 19.8 Å². The lowest BCUT2D eigenvalue weighted by atomic mass is 10.2. The Balaban J connectivity index is 1.40. The number of nitrogens with one attached hydrogen (secondary N) is 1. The molecule has 20 heavy (non-hydrogen) atoms. The summed E-state index contributed by atoms with van der Waals surface area (Å²) >= 11 is 0. The van der Waals surface area contributed by atoms with Crippen LogP contribution in [0.1, 0.15) is 44.9 Å². The van der Waals surface area contributed by atoms with E-state index in [0.717, 1.165) is 38.2 Å². The van der Waals surface area contributed by atoms with Crippen molar-refractivity contribution >= 4 is 11.8 Å². The summed E-state index contributed by atoms with van der Waals surface area (Å²) in [5.74, 6) is 0.741. The number of nitrogens with zero attached hydrogens (tertiary/aromatic N) is 1. The Hall–Kier alpha value is -0.940. The molecule has 3 rings (SSSR count). The Morgan fingerprint density at radius 1 is 1.15 bits per heavy atom. The average molecular weight is 280 g/mol. The molecule has 3 aliphatic rings. The molecule has 112 valence electrons. The molecule has 3 fully saturated rings. The van der Waals surface area contributed by atoms with E-state index < -0.39 is 0 Å². The van der Waals surface area contributed by atoms with E-state index in [0.29, 0.717) is 19.6 Å². The molecule has 1 saturated heterocycles. The molecule has 0 bridgehead atoms. The van der Waals surface area contributed by atoms with E-state index in [1.807, 2.05) is 0 Å². The van der Waals surface area contributed by atoms with Gasteiger partial charge in [-0.1, -0.05) is 12.8 Å². The van der Waals surface area contributed by atoms with Crippen LogP contribution in [0.5, 0.6) is 0 Å². The van der Waals surface area contributed by atoms with E-state index in [1.54, 1.807) is 0 Å².